The number of unbranched alkanes of at least 4 members (excludes halogenated alkanes) is 1. The van der Waals surface area contributed by atoms with Gasteiger partial charge in [-0.05, 0) is 51.8 Å². The highest BCUT2D eigenvalue weighted by atomic mass is 16.5. The van der Waals surface area contributed by atoms with Gasteiger partial charge in [0.05, 0.1) is 17.6 Å². The van der Waals surface area contributed by atoms with Crippen LogP contribution in [0, 0.1) is 5.41 Å². The minimum atomic E-state index is -0.449. The number of carbonyl (C=O) groups excluding carboxylic acids is 2. The number of allylic oxidation sites excluding steroid dienone is 3. The van der Waals surface area contributed by atoms with E-state index < -0.39 is 5.41 Å². The molecule has 24 heavy (non-hydrogen) atoms. The maximum absolute atomic E-state index is 11.7. The number of ether oxygens (including phenoxy) is 2. The second-order valence-corrected chi connectivity index (χ2v) is 6.35. The van der Waals surface area contributed by atoms with Crippen molar-refractivity contribution in [3.8, 4) is 0 Å². The monoisotopic (exact) mass is 330 g/mol. The third-order valence-corrected chi connectivity index (χ3v) is 3.06. The van der Waals surface area contributed by atoms with E-state index >= 15 is 0 Å². The Labute approximate surface area is 144 Å². The van der Waals surface area contributed by atoms with E-state index in [9.17, 15) is 9.59 Å². The molecule has 0 saturated carbocycles. The molecule has 1 aromatic rings. The minimum Gasteiger partial charge on any atom is -0.465 e. The molecule has 0 spiro atoms. The molecule has 0 aliphatic heterocycles. The number of benzene rings is 1. The van der Waals surface area contributed by atoms with Gasteiger partial charge in [-0.3, -0.25) is 4.79 Å². The molecule has 0 N–H and O–H groups in total. The Kier molecular flexibility index (Phi) is 8.55. The van der Waals surface area contributed by atoms with Gasteiger partial charge < -0.3 is 9.47 Å². The van der Waals surface area contributed by atoms with Crippen molar-refractivity contribution in [3.05, 3.63) is 60.2 Å². The molecule has 0 heterocycles. The molecule has 0 saturated heterocycles. The first kappa shape index (κ1) is 19.7. The van der Waals surface area contributed by atoms with E-state index in [0.717, 1.165) is 12.8 Å². The summed E-state index contributed by atoms with van der Waals surface area (Å²) in [5.41, 5.74) is 0.0988. The summed E-state index contributed by atoms with van der Waals surface area (Å²) >= 11 is 0. The fourth-order valence-electron chi connectivity index (χ4n) is 1.67. The van der Waals surface area contributed by atoms with Gasteiger partial charge >= 0.3 is 11.9 Å². The van der Waals surface area contributed by atoms with Crippen LogP contribution in [0.3, 0.4) is 0 Å². The number of hydrogen-bond donors (Lipinski definition) is 0. The molecule has 0 aliphatic rings. The van der Waals surface area contributed by atoms with E-state index in [1.165, 1.54) is 0 Å². The van der Waals surface area contributed by atoms with Crippen LogP contribution in [0.25, 0.3) is 0 Å². The molecule has 4 nitrogen and oxygen atoms in total. The first-order chi connectivity index (χ1) is 11.4. The number of rotatable bonds is 8. The van der Waals surface area contributed by atoms with Crippen molar-refractivity contribution in [2.45, 2.75) is 33.6 Å². The second kappa shape index (κ2) is 10.4. The number of esters is 2. The Bertz CT molecular complexity index is 565. The van der Waals surface area contributed by atoms with Gasteiger partial charge in [0, 0.05) is 0 Å². The van der Waals surface area contributed by atoms with Crippen molar-refractivity contribution in [1.82, 2.24) is 0 Å². The number of hydrogen-bond acceptors (Lipinski definition) is 4. The average molecular weight is 330 g/mol. The zero-order chi connectivity index (χ0) is 17.8. The van der Waals surface area contributed by atoms with Crippen molar-refractivity contribution >= 4 is 11.9 Å². The van der Waals surface area contributed by atoms with Crippen LogP contribution in [0.1, 0.15) is 44.0 Å². The average Bonchev–Trinajstić information content (AvgIpc) is 2.56. The topological polar surface area (TPSA) is 52.6 Å². The van der Waals surface area contributed by atoms with Crippen LogP contribution in [0.15, 0.2) is 54.6 Å². The molecule has 0 unspecified atom stereocenters. The SMILES string of the molecule is CC(C)(C)C(=O)OCCC/C=C/C=C\COC(=O)c1ccccc1. The third kappa shape index (κ3) is 8.32. The van der Waals surface area contributed by atoms with Crippen LogP contribution in [-0.2, 0) is 14.3 Å². The van der Waals surface area contributed by atoms with E-state index in [-0.39, 0.29) is 18.5 Å². The van der Waals surface area contributed by atoms with Crippen LogP contribution in [0.2, 0.25) is 0 Å². The Morgan fingerprint density at radius 3 is 2.33 bits per heavy atom. The predicted octanol–water partition coefficient (Wildman–Crippen LogP) is 4.33. The molecule has 1 aromatic carbocycles. The van der Waals surface area contributed by atoms with Crippen molar-refractivity contribution < 1.29 is 19.1 Å². The molecule has 0 aliphatic carbocycles. The fourth-order valence-corrected chi connectivity index (χ4v) is 1.67. The summed E-state index contributed by atoms with van der Waals surface area (Å²) in [6.45, 7) is 6.18. The summed E-state index contributed by atoms with van der Waals surface area (Å²) in [4.78, 5) is 23.2. The fraction of sp³-hybridized carbons (Fsp3) is 0.400. The molecule has 0 atom stereocenters. The standard InChI is InChI=1S/C20H26O4/c1-20(2,3)19(22)24-16-12-7-5-4-6-11-15-23-18(21)17-13-9-8-10-14-17/h4-6,8-11,13-14H,7,12,15-16H2,1-3H3/b5-4+,11-6-. The van der Waals surface area contributed by atoms with Crippen LogP contribution in [0.5, 0.6) is 0 Å². The summed E-state index contributed by atoms with van der Waals surface area (Å²) in [7, 11) is 0. The first-order valence-electron chi connectivity index (χ1n) is 8.12. The molecular formula is C20H26O4. The van der Waals surface area contributed by atoms with E-state index in [4.69, 9.17) is 9.47 Å². The minimum absolute atomic E-state index is 0.174. The van der Waals surface area contributed by atoms with Crippen LogP contribution < -0.4 is 0 Å². The van der Waals surface area contributed by atoms with Gasteiger partial charge in [-0.2, -0.15) is 0 Å². The van der Waals surface area contributed by atoms with Gasteiger partial charge in [0.15, 0.2) is 0 Å². The molecule has 1 rings (SSSR count). The lowest BCUT2D eigenvalue weighted by Gasteiger charge is -2.16. The van der Waals surface area contributed by atoms with Gasteiger partial charge in [-0.1, -0.05) is 36.4 Å². The van der Waals surface area contributed by atoms with Crippen LogP contribution >= 0.6 is 0 Å². The summed E-state index contributed by atoms with van der Waals surface area (Å²) in [5.74, 6) is -0.503. The quantitative estimate of drug-likeness (QED) is 0.404. The predicted molar refractivity (Wildman–Crippen MR) is 94.7 cm³/mol. The molecule has 0 radical (unpaired) electrons. The van der Waals surface area contributed by atoms with E-state index in [1.54, 1.807) is 30.3 Å². The molecule has 4 heteroatoms. The number of carbonyl (C=O) groups is 2. The van der Waals surface area contributed by atoms with E-state index in [1.807, 2.05) is 45.1 Å². The van der Waals surface area contributed by atoms with E-state index in [2.05, 4.69) is 0 Å². The van der Waals surface area contributed by atoms with Crippen molar-refractivity contribution in [2.75, 3.05) is 13.2 Å². The Morgan fingerprint density at radius 2 is 1.67 bits per heavy atom. The van der Waals surface area contributed by atoms with Gasteiger partial charge in [-0.25, -0.2) is 4.79 Å². The lowest BCUT2D eigenvalue weighted by atomic mass is 9.97. The highest BCUT2D eigenvalue weighted by Crippen LogP contribution is 2.15. The smallest absolute Gasteiger partial charge is 0.338 e. The normalized spacial score (nSPS) is 11.8. The van der Waals surface area contributed by atoms with E-state index in [0.29, 0.717) is 12.2 Å². The molecule has 0 fully saturated rings. The first-order valence-corrected chi connectivity index (χ1v) is 8.12. The third-order valence-electron chi connectivity index (χ3n) is 3.06. The van der Waals surface area contributed by atoms with Crippen LogP contribution in [0.4, 0.5) is 0 Å². The highest BCUT2D eigenvalue weighted by Gasteiger charge is 2.22. The second-order valence-electron chi connectivity index (χ2n) is 6.35. The summed E-state index contributed by atoms with van der Waals surface area (Å²) in [5, 5.41) is 0. The molecule has 0 amide bonds. The Balaban J connectivity index is 2.09. The van der Waals surface area contributed by atoms with Crippen LogP contribution in [-0.4, -0.2) is 25.2 Å². The zero-order valence-electron chi connectivity index (χ0n) is 14.7. The van der Waals surface area contributed by atoms with Gasteiger partial charge in [0.2, 0.25) is 0 Å². The summed E-state index contributed by atoms with van der Waals surface area (Å²) < 4.78 is 10.3. The lowest BCUT2D eigenvalue weighted by molar-refractivity contribution is -0.153. The van der Waals surface area contributed by atoms with Gasteiger partial charge in [0.25, 0.3) is 0 Å². The summed E-state index contributed by atoms with van der Waals surface area (Å²) in [6, 6.07) is 8.89. The maximum atomic E-state index is 11.7. The maximum Gasteiger partial charge on any atom is 0.338 e. The highest BCUT2D eigenvalue weighted by molar-refractivity contribution is 5.89. The van der Waals surface area contributed by atoms with Crippen molar-refractivity contribution in [1.29, 1.82) is 0 Å². The van der Waals surface area contributed by atoms with Crippen molar-refractivity contribution in [2.24, 2.45) is 5.41 Å². The molecule has 0 aromatic heterocycles. The van der Waals surface area contributed by atoms with Gasteiger partial charge in [-0.15, -0.1) is 0 Å². The molecular weight excluding hydrogens is 304 g/mol. The largest absolute Gasteiger partial charge is 0.465 e. The van der Waals surface area contributed by atoms with Gasteiger partial charge in [0.1, 0.15) is 6.61 Å². The summed E-state index contributed by atoms with van der Waals surface area (Å²) in [6.07, 6.45) is 9.10. The Hall–Kier alpha value is -2.36. The van der Waals surface area contributed by atoms with Crippen molar-refractivity contribution in [3.63, 3.8) is 0 Å². The zero-order valence-corrected chi connectivity index (χ0v) is 14.7. The Morgan fingerprint density at radius 1 is 1.00 bits per heavy atom. The molecule has 130 valence electrons. The molecule has 0 bridgehead atoms. The lowest BCUT2D eigenvalue weighted by Crippen LogP contribution is -2.23.